The second-order valence-electron chi connectivity index (χ2n) is 8.93. The Balaban J connectivity index is 1.46. The lowest BCUT2D eigenvalue weighted by molar-refractivity contribution is 0.0926. The zero-order valence-electron chi connectivity index (χ0n) is 19.5. The van der Waals surface area contributed by atoms with E-state index in [0.29, 0.717) is 17.1 Å². The number of rotatable bonds is 6. The van der Waals surface area contributed by atoms with Gasteiger partial charge in [-0.05, 0) is 68.2 Å². The van der Waals surface area contributed by atoms with Crippen molar-refractivity contribution in [3.05, 3.63) is 89.4 Å². The predicted octanol–water partition coefficient (Wildman–Crippen LogP) is 4.96. The topological polar surface area (TPSA) is 63.1 Å². The number of hydrogen-bond acceptors (Lipinski definition) is 4. The van der Waals surface area contributed by atoms with Crippen LogP contribution in [0, 0.1) is 18.6 Å². The van der Waals surface area contributed by atoms with Crippen molar-refractivity contribution in [2.75, 3.05) is 19.6 Å². The number of aromatic nitrogens is 3. The summed E-state index contributed by atoms with van der Waals surface area (Å²) in [6, 6.07) is 11.3. The minimum absolute atomic E-state index is 0.233. The van der Waals surface area contributed by atoms with Crippen LogP contribution < -0.4 is 5.32 Å². The Morgan fingerprint density at radius 1 is 1.03 bits per heavy atom. The third kappa shape index (κ3) is 4.66. The van der Waals surface area contributed by atoms with Crippen molar-refractivity contribution in [1.82, 2.24) is 24.8 Å². The molecular weight excluding hydrogens is 448 g/mol. The molecule has 3 heterocycles. The Labute approximate surface area is 202 Å². The number of halogens is 2. The van der Waals surface area contributed by atoms with E-state index in [1.54, 1.807) is 30.7 Å². The van der Waals surface area contributed by atoms with Crippen LogP contribution in [0.5, 0.6) is 0 Å². The molecule has 4 aromatic rings. The number of aryl methyl sites for hydroxylation is 1. The molecule has 1 saturated heterocycles. The highest BCUT2D eigenvalue weighted by atomic mass is 19.2. The van der Waals surface area contributed by atoms with E-state index in [2.05, 4.69) is 20.2 Å². The molecule has 1 unspecified atom stereocenters. The number of carbonyl (C=O) groups is 1. The molecule has 0 bridgehead atoms. The van der Waals surface area contributed by atoms with Crippen molar-refractivity contribution < 1.29 is 13.6 Å². The summed E-state index contributed by atoms with van der Waals surface area (Å²) < 4.78 is 29.5. The molecule has 1 N–H and O–H groups in total. The quantitative estimate of drug-likeness (QED) is 0.428. The molecule has 1 atom stereocenters. The minimum Gasteiger partial charge on any atom is -0.350 e. The zero-order valence-corrected chi connectivity index (χ0v) is 19.5. The van der Waals surface area contributed by atoms with Crippen molar-refractivity contribution in [3.8, 4) is 5.95 Å². The average Bonchev–Trinajstić information content (AvgIpc) is 3.28. The van der Waals surface area contributed by atoms with Gasteiger partial charge in [0.05, 0.1) is 17.1 Å². The Morgan fingerprint density at radius 3 is 2.54 bits per heavy atom. The molecule has 1 aliphatic rings. The fourth-order valence-electron chi connectivity index (χ4n) is 4.91. The Kier molecular flexibility index (Phi) is 6.55. The van der Waals surface area contributed by atoms with Gasteiger partial charge < -0.3 is 5.32 Å². The lowest BCUT2D eigenvalue weighted by Crippen LogP contribution is -2.40. The van der Waals surface area contributed by atoms with Gasteiger partial charge in [-0.25, -0.2) is 18.7 Å². The Bertz CT molecular complexity index is 1350. The number of piperidine rings is 1. The predicted molar refractivity (Wildman–Crippen MR) is 130 cm³/mol. The molecule has 180 valence electrons. The van der Waals surface area contributed by atoms with Crippen LogP contribution in [0.25, 0.3) is 16.9 Å². The van der Waals surface area contributed by atoms with Crippen molar-refractivity contribution in [2.45, 2.75) is 32.2 Å². The van der Waals surface area contributed by atoms with Gasteiger partial charge in [-0.1, -0.05) is 24.6 Å². The molecular formula is C27H27F2N5O. The normalized spacial score (nSPS) is 15.3. The molecule has 6 nitrogen and oxygen atoms in total. The van der Waals surface area contributed by atoms with Gasteiger partial charge in [0.1, 0.15) is 0 Å². The molecule has 2 aromatic carbocycles. The second kappa shape index (κ2) is 9.92. The zero-order chi connectivity index (χ0) is 24.4. The van der Waals surface area contributed by atoms with Crippen LogP contribution in [0.1, 0.15) is 46.8 Å². The van der Waals surface area contributed by atoms with Gasteiger partial charge >= 0.3 is 0 Å². The highest BCUT2D eigenvalue weighted by Gasteiger charge is 2.25. The molecule has 5 rings (SSSR count). The van der Waals surface area contributed by atoms with Crippen molar-refractivity contribution in [1.29, 1.82) is 0 Å². The lowest BCUT2D eigenvalue weighted by atomic mass is 10.0. The van der Waals surface area contributed by atoms with Crippen LogP contribution in [0.2, 0.25) is 0 Å². The molecule has 0 saturated carbocycles. The summed E-state index contributed by atoms with van der Waals surface area (Å²) in [5.74, 6) is -1.50. The Morgan fingerprint density at radius 2 is 1.80 bits per heavy atom. The van der Waals surface area contributed by atoms with Gasteiger partial charge in [0.2, 0.25) is 5.95 Å². The number of nitrogens with zero attached hydrogens (tertiary/aromatic N) is 4. The molecule has 1 aliphatic heterocycles. The highest BCUT2D eigenvalue weighted by Crippen LogP contribution is 2.28. The molecule has 0 aliphatic carbocycles. The summed E-state index contributed by atoms with van der Waals surface area (Å²) in [6.07, 6.45) is 8.31. The van der Waals surface area contributed by atoms with Crippen LogP contribution in [-0.2, 0) is 0 Å². The van der Waals surface area contributed by atoms with Gasteiger partial charge in [0.25, 0.3) is 5.91 Å². The SMILES string of the molecule is Cc1cccc2c1c(C(=O)NCC(c1ccc(F)c(F)c1)N1CCCCC1)cn2-c1ncccn1. The first-order valence-electron chi connectivity index (χ1n) is 11.9. The molecule has 35 heavy (non-hydrogen) atoms. The number of likely N-dealkylation sites (tertiary alicyclic amines) is 1. The minimum atomic E-state index is -0.877. The smallest absolute Gasteiger partial charge is 0.253 e. The highest BCUT2D eigenvalue weighted by molar-refractivity contribution is 6.08. The van der Waals surface area contributed by atoms with Gasteiger partial charge in [0, 0.05) is 30.5 Å². The first-order chi connectivity index (χ1) is 17.0. The van der Waals surface area contributed by atoms with E-state index < -0.39 is 11.6 Å². The van der Waals surface area contributed by atoms with Crippen LogP contribution in [0.4, 0.5) is 8.78 Å². The summed E-state index contributed by atoms with van der Waals surface area (Å²) in [5, 5.41) is 3.90. The standard InChI is InChI=1S/C27H27F2N5O/c1-18-7-5-8-23-25(18)20(17-34(23)27-30-11-6-12-31-27)26(35)32-16-24(33-13-3-2-4-14-33)19-9-10-21(28)22(29)15-19/h5-12,15,17,24H,2-4,13-14,16H2,1H3,(H,32,35). The fraction of sp³-hybridized carbons (Fsp3) is 0.296. The summed E-state index contributed by atoms with van der Waals surface area (Å²) in [7, 11) is 0. The molecule has 0 radical (unpaired) electrons. The van der Waals surface area contributed by atoms with E-state index in [9.17, 15) is 13.6 Å². The molecule has 8 heteroatoms. The average molecular weight is 476 g/mol. The summed E-state index contributed by atoms with van der Waals surface area (Å²) >= 11 is 0. The van der Waals surface area contributed by atoms with Crippen LogP contribution in [-0.4, -0.2) is 45.0 Å². The third-order valence-electron chi connectivity index (χ3n) is 6.67. The van der Waals surface area contributed by atoms with E-state index in [4.69, 9.17) is 0 Å². The largest absolute Gasteiger partial charge is 0.350 e. The van der Waals surface area contributed by atoms with Crippen molar-refractivity contribution in [2.24, 2.45) is 0 Å². The molecule has 1 fully saturated rings. The second-order valence-corrected chi connectivity index (χ2v) is 8.93. The van der Waals surface area contributed by atoms with Crippen LogP contribution in [0.15, 0.2) is 61.1 Å². The van der Waals surface area contributed by atoms with E-state index in [1.807, 2.05) is 29.7 Å². The number of carbonyl (C=O) groups excluding carboxylic acids is 1. The Hall–Kier alpha value is -3.65. The van der Waals surface area contributed by atoms with Gasteiger partial charge in [-0.15, -0.1) is 0 Å². The maximum absolute atomic E-state index is 14.1. The first kappa shape index (κ1) is 23.1. The monoisotopic (exact) mass is 475 g/mol. The van der Waals surface area contributed by atoms with Crippen molar-refractivity contribution in [3.63, 3.8) is 0 Å². The molecule has 2 aromatic heterocycles. The first-order valence-corrected chi connectivity index (χ1v) is 11.9. The van der Waals surface area contributed by atoms with Gasteiger partial charge in [-0.3, -0.25) is 14.3 Å². The number of nitrogens with one attached hydrogen (secondary N) is 1. The van der Waals surface area contributed by atoms with Crippen LogP contribution in [0.3, 0.4) is 0 Å². The molecule has 0 spiro atoms. The summed E-state index contributed by atoms with van der Waals surface area (Å²) in [4.78, 5) is 24.4. The summed E-state index contributed by atoms with van der Waals surface area (Å²) in [5.41, 5.74) is 2.99. The summed E-state index contributed by atoms with van der Waals surface area (Å²) in [6.45, 7) is 3.95. The van der Waals surface area contributed by atoms with E-state index in [1.165, 1.54) is 6.07 Å². The van der Waals surface area contributed by atoms with E-state index in [-0.39, 0.29) is 18.5 Å². The number of hydrogen-bond donors (Lipinski definition) is 1. The number of benzene rings is 2. The maximum Gasteiger partial charge on any atom is 0.253 e. The fourth-order valence-corrected chi connectivity index (χ4v) is 4.91. The third-order valence-corrected chi connectivity index (χ3v) is 6.67. The lowest BCUT2D eigenvalue weighted by Gasteiger charge is -2.35. The number of amides is 1. The number of fused-ring (bicyclic) bond motifs is 1. The van der Waals surface area contributed by atoms with Gasteiger partial charge in [-0.2, -0.15) is 0 Å². The van der Waals surface area contributed by atoms with Gasteiger partial charge in [0.15, 0.2) is 11.6 Å². The van der Waals surface area contributed by atoms with E-state index >= 15 is 0 Å². The molecule has 1 amide bonds. The maximum atomic E-state index is 14.1. The van der Waals surface area contributed by atoms with Crippen molar-refractivity contribution >= 4 is 16.8 Å². The van der Waals surface area contributed by atoms with E-state index in [0.717, 1.165) is 54.9 Å². The van der Waals surface area contributed by atoms with Crippen LogP contribution >= 0.6 is 0 Å².